The lowest BCUT2D eigenvalue weighted by atomic mass is 10.0. The van der Waals surface area contributed by atoms with E-state index >= 15 is 0 Å². The number of amides is 1. The van der Waals surface area contributed by atoms with E-state index in [9.17, 15) is 4.79 Å². The fourth-order valence-corrected chi connectivity index (χ4v) is 3.39. The predicted molar refractivity (Wildman–Crippen MR) is 106 cm³/mol. The van der Waals surface area contributed by atoms with Gasteiger partial charge in [0.2, 0.25) is 5.91 Å². The normalized spacial score (nSPS) is 15.1. The number of nitrogens with two attached hydrogens (primary N) is 2. The van der Waals surface area contributed by atoms with Gasteiger partial charge in [-0.2, -0.15) is 0 Å². The molecular weight excluding hydrogens is 340 g/mol. The molecule has 0 radical (unpaired) electrons. The number of aromatic nitrogens is 1. The number of ether oxygens (including phenoxy) is 1. The van der Waals surface area contributed by atoms with Gasteiger partial charge in [0.15, 0.2) is 0 Å². The number of rotatable bonds is 4. The van der Waals surface area contributed by atoms with Gasteiger partial charge >= 0.3 is 0 Å². The van der Waals surface area contributed by atoms with Crippen molar-refractivity contribution in [1.82, 2.24) is 9.88 Å². The molecule has 138 valence electrons. The molecule has 3 aromatic rings. The van der Waals surface area contributed by atoms with Crippen LogP contribution in [0.3, 0.4) is 0 Å². The van der Waals surface area contributed by atoms with Gasteiger partial charge in [0, 0.05) is 41.8 Å². The number of hydrogen-bond acceptors (Lipinski definition) is 5. The summed E-state index contributed by atoms with van der Waals surface area (Å²) in [5.41, 5.74) is 16.2. The van der Waals surface area contributed by atoms with Gasteiger partial charge in [-0.1, -0.05) is 18.2 Å². The van der Waals surface area contributed by atoms with Crippen LogP contribution < -0.4 is 11.5 Å². The van der Waals surface area contributed by atoms with Gasteiger partial charge in [-0.3, -0.25) is 9.69 Å². The first kappa shape index (κ1) is 17.5. The third kappa shape index (κ3) is 3.77. The zero-order valence-electron chi connectivity index (χ0n) is 15.0. The average Bonchev–Trinajstić information content (AvgIpc) is 2.68. The highest BCUT2D eigenvalue weighted by Gasteiger charge is 2.15. The first-order valence-corrected chi connectivity index (χ1v) is 9.00. The van der Waals surface area contributed by atoms with E-state index in [1.807, 2.05) is 30.3 Å². The van der Waals surface area contributed by atoms with Crippen molar-refractivity contribution in [1.29, 1.82) is 0 Å². The number of fused-ring (bicyclic) bond motifs is 1. The molecule has 27 heavy (non-hydrogen) atoms. The van der Waals surface area contributed by atoms with Gasteiger partial charge in [0.05, 0.1) is 24.4 Å². The van der Waals surface area contributed by atoms with Gasteiger partial charge in [-0.15, -0.1) is 0 Å². The number of nitrogen functional groups attached to an aromatic ring is 1. The monoisotopic (exact) mass is 362 g/mol. The summed E-state index contributed by atoms with van der Waals surface area (Å²) < 4.78 is 5.45. The van der Waals surface area contributed by atoms with Crippen LogP contribution in [0.4, 0.5) is 5.69 Å². The topological polar surface area (TPSA) is 94.5 Å². The molecule has 0 unspecified atom stereocenters. The predicted octanol–water partition coefficient (Wildman–Crippen LogP) is 2.42. The van der Waals surface area contributed by atoms with Crippen LogP contribution >= 0.6 is 0 Å². The Morgan fingerprint density at radius 1 is 1.07 bits per heavy atom. The minimum Gasteiger partial charge on any atom is -0.399 e. The summed E-state index contributed by atoms with van der Waals surface area (Å²) >= 11 is 0. The zero-order chi connectivity index (χ0) is 18.8. The number of primary amides is 1. The average molecular weight is 362 g/mol. The Balaban J connectivity index is 1.82. The molecule has 0 aliphatic carbocycles. The Morgan fingerprint density at radius 2 is 1.81 bits per heavy atom. The maximum Gasteiger partial charge on any atom is 0.248 e. The van der Waals surface area contributed by atoms with E-state index in [-0.39, 0.29) is 0 Å². The fraction of sp³-hybridized carbons (Fsp3) is 0.238. The molecule has 1 aliphatic heterocycles. The first-order valence-electron chi connectivity index (χ1n) is 9.00. The van der Waals surface area contributed by atoms with Gasteiger partial charge < -0.3 is 16.2 Å². The van der Waals surface area contributed by atoms with E-state index in [0.717, 1.165) is 55.0 Å². The molecule has 1 amide bonds. The standard InChI is InChI=1S/C21H22N4O2/c22-17-4-1-14(2-5-17)19-12-16(13-25-7-9-27-10-8-25)18-6-3-15(21(23)26)11-20(18)24-19/h1-6,11-12H,7-10,13,22H2,(H2,23,26). The largest absolute Gasteiger partial charge is 0.399 e. The minimum absolute atomic E-state index is 0.452. The Morgan fingerprint density at radius 3 is 2.52 bits per heavy atom. The minimum atomic E-state index is -0.452. The van der Waals surface area contributed by atoms with Crippen molar-refractivity contribution in [3.05, 3.63) is 59.7 Å². The molecule has 1 saturated heterocycles. The number of benzene rings is 2. The van der Waals surface area contributed by atoms with Crippen LogP contribution in [0.15, 0.2) is 48.5 Å². The van der Waals surface area contributed by atoms with Gasteiger partial charge in [-0.25, -0.2) is 4.98 Å². The van der Waals surface area contributed by atoms with E-state index in [1.165, 1.54) is 5.56 Å². The van der Waals surface area contributed by atoms with Crippen molar-refractivity contribution >= 4 is 22.5 Å². The maximum absolute atomic E-state index is 11.6. The second-order valence-corrected chi connectivity index (χ2v) is 6.77. The van der Waals surface area contributed by atoms with Crippen LogP contribution in [0.5, 0.6) is 0 Å². The van der Waals surface area contributed by atoms with Crippen molar-refractivity contribution in [2.24, 2.45) is 5.73 Å². The molecule has 1 aliphatic rings. The number of pyridine rings is 1. The molecule has 4 N–H and O–H groups in total. The first-order chi connectivity index (χ1) is 13.1. The van der Waals surface area contributed by atoms with Crippen LogP contribution in [-0.2, 0) is 11.3 Å². The summed E-state index contributed by atoms with van der Waals surface area (Å²) in [6.45, 7) is 4.11. The van der Waals surface area contributed by atoms with E-state index in [2.05, 4.69) is 11.0 Å². The molecular formula is C21H22N4O2. The number of nitrogens with zero attached hydrogens (tertiary/aromatic N) is 2. The smallest absolute Gasteiger partial charge is 0.248 e. The van der Waals surface area contributed by atoms with Crippen molar-refractivity contribution in [2.75, 3.05) is 32.0 Å². The molecule has 0 atom stereocenters. The van der Waals surface area contributed by atoms with E-state index in [0.29, 0.717) is 11.3 Å². The van der Waals surface area contributed by atoms with Crippen LogP contribution in [0.1, 0.15) is 15.9 Å². The zero-order valence-corrected chi connectivity index (χ0v) is 15.0. The van der Waals surface area contributed by atoms with Crippen LogP contribution in [0.2, 0.25) is 0 Å². The Kier molecular flexibility index (Phi) is 4.75. The van der Waals surface area contributed by atoms with Crippen LogP contribution in [0, 0.1) is 0 Å². The third-order valence-corrected chi connectivity index (χ3v) is 4.88. The van der Waals surface area contributed by atoms with Gasteiger partial charge in [0.25, 0.3) is 0 Å². The fourth-order valence-electron chi connectivity index (χ4n) is 3.39. The number of morpholine rings is 1. The summed E-state index contributed by atoms with van der Waals surface area (Å²) in [6, 6.07) is 15.2. The van der Waals surface area contributed by atoms with Crippen molar-refractivity contribution < 1.29 is 9.53 Å². The lowest BCUT2D eigenvalue weighted by Crippen LogP contribution is -2.35. The molecule has 1 fully saturated rings. The molecule has 2 heterocycles. The lowest BCUT2D eigenvalue weighted by Gasteiger charge is -2.27. The molecule has 0 spiro atoms. The summed E-state index contributed by atoms with van der Waals surface area (Å²) in [6.07, 6.45) is 0. The van der Waals surface area contributed by atoms with Crippen LogP contribution in [-0.4, -0.2) is 42.1 Å². The molecule has 2 aromatic carbocycles. The molecule has 6 heteroatoms. The van der Waals surface area contributed by atoms with Crippen molar-refractivity contribution in [2.45, 2.75) is 6.54 Å². The second-order valence-electron chi connectivity index (χ2n) is 6.77. The summed E-state index contributed by atoms with van der Waals surface area (Å²) in [5, 5.41) is 1.03. The van der Waals surface area contributed by atoms with Crippen molar-refractivity contribution in [3.8, 4) is 11.3 Å². The van der Waals surface area contributed by atoms with E-state index in [4.69, 9.17) is 21.2 Å². The number of carbonyl (C=O) groups excluding carboxylic acids is 1. The SMILES string of the molecule is NC(=O)c1ccc2c(CN3CCOCC3)cc(-c3ccc(N)cc3)nc2c1. The summed E-state index contributed by atoms with van der Waals surface area (Å²) in [5.74, 6) is -0.452. The number of anilines is 1. The maximum atomic E-state index is 11.6. The van der Waals surface area contributed by atoms with Crippen molar-refractivity contribution in [3.63, 3.8) is 0 Å². The highest BCUT2D eigenvalue weighted by Crippen LogP contribution is 2.27. The Bertz CT molecular complexity index is 979. The lowest BCUT2D eigenvalue weighted by molar-refractivity contribution is 0.0343. The Labute approximate surface area is 157 Å². The molecule has 6 nitrogen and oxygen atoms in total. The summed E-state index contributed by atoms with van der Waals surface area (Å²) in [7, 11) is 0. The molecule has 0 bridgehead atoms. The van der Waals surface area contributed by atoms with E-state index in [1.54, 1.807) is 12.1 Å². The Hall–Kier alpha value is -2.96. The number of carbonyl (C=O) groups is 1. The van der Waals surface area contributed by atoms with Gasteiger partial charge in [0.1, 0.15) is 0 Å². The second kappa shape index (κ2) is 7.34. The van der Waals surface area contributed by atoms with E-state index < -0.39 is 5.91 Å². The molecule has 1 aromatic heterocycles. The molecule has 0 saturated carbocycles. The highest BCUT2D eigenvalue weighted by molar-refractivity contribution is 5.97. The summed E-state index contributed by atoms with van der Waals surface area (Å²) in [4.78, 5) is 18.7. The highest BCUT2D eigenvalue weighted by atomic mass is 16.5. The number of hydrogen-bond donors (Lipinski definition) is 2. The van der Waals surface area contributed by atoms with Gasteiger partial charge in [-0.05, 0) is 35.9 Å². The quantitative estimate of drug-likeness (QED) is 0.695. The van der Waals surface area contributed by atoms with Crippen LogP contribution in [0.25, 0.3) is 22.2 Å². The third-order valence-electron chi connectivity index (χ3n) is 4.88. The molecule has 4 rings (SSSR count).